The van der Waals surface area contributed by atoms with E-state index in [-0.39, 0.29) is 12.2 Å². The maximum atomic E-state index is 13.7. The SMILES string of the molecule is Nc1cc(Br)cc(C(=O)Cc2ccc(Br)cc2F)c1. The molecule has 0 aliphatic heterocycles. The molecule has 0 fully saturated rings. The third-order valence-electron chi connectivity index (χ3n) is 2.61. The van der Waals surface area contributed by atoms with Gasteiger partial charge in [-0.2, -0.15) is 0 Å². The van der Waals surface area contributed by atoms with Crippen molar-refractivity contribution in [2.24, 2.45) is 0 Å². The molecule has 0 heterocycles. The van der Waals surface area contributed by atoms with E-state index in [0.29, 0.717) is 21.3 Å². The smallest absolute Gasteiger partial charge is 0.167 e. The van der Waals surface area contributed by atoms with E-state index >= 15 is 0 Å². The Morgan fingerprint density at radius 1 is 1.11 bits per heavy atom. The van der Waals surface area contributed by atoms with Gasteiger partial charge in [0, 0.05) is 26.6 Å². The van der Waals surface area contributed by atoms with Gasteiger partial charge in [-0.3, -0.25) is 4.79 Å². The lowest BCUT2D eigenvalue weighted by Gasteiger charge is -2.05. The summed E-state index contributed by atoms with van der Waals surface area (Å²) >= 11 is 6.46. The second-order valence-corrected chi connectivity index (χ2v) is 5.94. The highest BCUT2D eigenvalue weighted by atomic mass is 79.9. The monoisotopic (exact) mass is 385 g/mol. The second kappa shape index (κ2) is 5.84. The standard InChI is InChI=1S/C14H10Br2FNO/c15-10-2-1-8(13(17)7-10)5-14(19)9-3-11(16)6-12(18)4-9/h1-4,6-7H,5,18H2. The summed E-state index contributed by atoms with van der Waals surface area (Å²) in [6.07, 6.45) is 0.00894. The molecule has 2 aromatic rings. The van der Waals surface area contributed by atoms with Gasteiger partial charge in [0.15, 0.2) is 5.78 Å². The molecule has 0 atom stereocenters. The van der Waals surface area contributed by atoms with Gasteiger partial charge >= 0.3 is 0 Å². The molecule has 5 heteroatoms. The van der Waals surface area contributed by atoms with E-state index in [4.69, 9.17) is 5.73 Å². The summed E-state index contributed by atoms with van der Waals surface area (Å²) in [5.74, 6) is -0.570. The van der Waals surface area contributed by atoms with Crippen molar-refractivity contribution in [3.8, 4) is 0 Å². The highest BCUT2D eigenvalue weighted by Crippen LogP contribution is 2.20. The van der Waals surface area contributed by atoms with Gasteiger partial charge in [-0.15, -0.1) is 0 Å². The molecule has 0 bridgehead atoms. The molecule has 0 amide bonds. The van der Waals surface area contributed by atoms with Crippen molar-refractivity contribution in [2.45, 2.75) is 6.42 Å². The third kappa shape index (κ3) is 3.64. The Hall–Kier alpha value is -1.20. The molecule has 0 saturated carbocycles. The molecular weight excluding hydrogens is 377 g/mol. The Labute approximate surface area is 127 Å². The van der Waals surface area contributed by atoms with E-state index in [2.05, 4.69) is 31.9 Å². The maximum Gasteiger partial charge on any atom is 0.167 e. The third-order valence-corrected chi connectivity index (χ3v) is 3.56. The van der Waals surface area contributed by atoms with Crippen molar-refractivity contribution in [3.05, 3.63) is 62.3 Å². The van der Waals surface area contributed by atoms with Gasteiger partial charge in [0.05, 0.1) is 0 Å². The first-order chi connectivity index (χ1) is 8.95. The minimum Gasteiger partial charge on any atom is -0.399 e. The van der Waals surface area contributed by atoms with Crippen molar-refractivity contribution in [3.63, 3.8) is 0 Å². The van der Waals surface area contributed by atoms with E-state index in [0.717, 1.165) is 4.47 Å². The minimum absolute atomic E-state index is 0.00894. The number of halogens is 3. The van der Waals surface area contributed by atoms with Crippen molar-refractivity contribution >= 4 is 43.3 Å². The lowest BCUT2D eigenvalue weighted by Crippen LogP contribution is -2.06. The predicted molar refractivity (Wildman–Crippen MR) is 80.7 cm³/mol. The largest absolute Gasteiger partial charge is 0.399 e. The van der Waals surface area contributed by atoms with Crippen molar-refractivity contribution in [2.75, 3.05) is 5.73 Å². The summed E-state index contributed by atoms with van der Waals surface area (Å²) in [6.45, 7) is 0. The first kappa shape index (κ1) is 14.2. The van der Waals surface area contributed by atoms with Gasteiger partial charge in [-0.25, -0.2) is 4.39 Å². The van der Waals surface area contributed by atoms with Crippen LogP contribution in [0, 0.1) is 5.82 Å². The number of hydrogen-bond donors (Lipinski definition) is 1. The molecule has 0 radical (unpaired) electrons. The molecule has 0 unspecified atom stereocenters. The van der Waals surface area contributed by atoms with Crippen molar-refractivity contribution in [1.82, 2.24) is 0 Å². The average molecular weight is 387 g/mol. The zero-order chi connectivity index (χ0) is 14.0. The van der Waals surface area contributed by atoms with Crippen LogP contribution in [0.3, 0.4) is 0 Å². The van der Waals surface area contributed by atoms with Crippen LogP contribution in [0.5, 0.6) is 0 Å². The number of benzene rings is 2. The van der Waals surface area contributed by atoms with Crippen LogP contribution in [0.1, 0.15) is 15.9 Å². The first-order valence-electron chi connectivity index (χ1n) is 5.49. The highest BCUT2D eigenvalue weighted by Gasteiger charge is 2.12. The molecule has 0 aliphatic carbocycles. The summed E-state index contributed by atoms with van der Waals surface area (Å²) in [7, 11) is 0. The van der Waals surface area contributed by atoms with Crippen LogP contribution in [0.4, 0.5) is 10.1 Å². The quantitative estimate of drug-likeness (QED) is 0.629. The topological polar surface area (TPSA) is 43.1 Å². The first-order valence-corrected chi connectivity index (χ1v) is 7.07. The Bertz CT molecular complexity index is 623. The molecule has 19 heavy (non-hydrogen) atoms. The lowest BCUT2D eigenvalue weighted by atomic mass is 10.0. The molecule has 2 rings (SSSR count). The molecule has 2 aromatic carbocycles. The number of nitrogens with two attached hydrogens (primary N) is 1. The van der Waals surface area contributed by atoms with E-state index < -0.39 is 5.82 Å². The van der Waals surface area contributed by atoms with Crippen LogP contribution < -0.4 is 5.73 Å². The van der Waals surface area contributed by atoms with Gasteiger partial charge in [-0.05, 0) is 35.9 Å². The van der Waals surface area contributed by atoms with Gasteiger partial charge in [0.25, 0.3) is 0 Å². The summed E-state index contributed by atoms with van der Waals surface area (Å²) in [5.41, 5.74) is 7.01. The zero-order valence-corrected chi connectivity index (χ0v) is 13.0. The fraction of sp³-hybridized carbons (Fsp3) is 0.0714. The lowest BCUT2D eigenvalue weighted by molar-refractivity contribution is 0.0992. The Balaban J connectivity index is 2.25. The highest BCUT2D eigenvalue weighted by molar-refractivity contribution is 9.10. The van der Waals surface area contributed by atoms with Gasteiger partial charge < -0.3 is 5.73 Å². The Morgan fingerprint density at radius 3 is 2.47 bits per heavy atom. The average Bonchev–Trinajstić information content (AvgIpc) is 2.31. The van der Waals surface area contributed by atoms with Gasteiger partial charge in [0.2, 0.25) is 0 Å². The molecule has 0 aromatic heterocycles. The van der Waals surface area contributed by atoms with Gasteiger partial charge in [0.1, 0.15) is 5.82 Å². The Morgan fingerprint density at radius 2 is 1.84 bits per heavy atom. The van der Waals surface area contributed by atoms with E-state index in [9.17, 15) is 9.18 Å². The number of anilines is 1. The number of Topliss-reactive ketones (excluding diaryl/α,β-unsaturated/α-hetero) is 1. The van der Waals surface area contributed by atoms with E-state index in [1.54, 1.807) is 30.3 Å². The Kier molecular flexibility index (Phi) is 4.37. The molecular formula is C14H10Br2FNO. The van der Waals surface area contributed by atoms with Crippen LogP contribution >= 0.6 is 31.9 Å². The summed E-state index contributed by atoms with van der Waals surface area (Å²) < 4.78 is 15.0. The zero-order valence-electron chi connectivity index (χ0n) is 9.79. The number of rotatable bonds is 3. The minimum atomic E-state index is -0.398. The normalized spacial score (nSPS) is 10.5. The van der Waals surface area contributed by atoms with E-state index in [1.165, 1.54) is 6.07 Å². The van der Waals surface area contributed by atoms with Crippen LogP contribution in [0.2, 0.25) is 0 Å². The number of carbonyl (C=O) groups is 1. The summed E-state index contributed by atoms with van der Waals surface area (Å²) in [5, 5.41) is 0. The van der Waals surface area contributed by atoms with Crippen LogP contribution in [-0.4, -0.2) is 5.78 Å². The summed E-state index contributed by atoms with van der Waals surface area (Å²) in [6, 6.07) is 9.62. The van der Waals surface area contributed by atoms with E-state index in [1.807, 2.05) is 0 Å². The summed E-state index contributed by atoms with van der Waals surface area (Å²) in [4.78, 5) is 12.1. The molecule has 2 nitrogen and oxygen atoms in total. The molecule has 2 N–H and O–H groups in total. The van der Waals surface area contributed by atoms with Gasteiger partial charge in [-0.1, -0.05) is 37.9 Å². The van der Waals surface area contributed by atoms with Crippen LogP contribution in [-0.2, 0) is 6.42 Å². The number of ketones is 1. The maximum absolute atomic E-state index is 13.7. The number of carbonyl (C=O) groups excluding carboxylic acids is 1. The number of hydrogen-bond acceptors (Lipinski definition) is 2. The van der Waals surface area contributed by atoms with Crippen LogP contribution in [0.25, 0.3) is 0 Å². The fourth-order valence-electron chi connectivity index (χ4n) is 1.71. The number of nitrogen functional groups attached to an aromatic ring is 1. The molecule has 0 spiro atoms. The fourth-order valence-corrected chi connectivity index (χ4v) is 2.56. The van der Waals surface area contributed by atoms with Crippen molar-refractivity contribution in [1.29, 1.82) is 0 Å². The second-order valence-electron chi connectivity index (χ2n) is 4.11. The van der Waals surface area contributed by atoms with Crippen LogP contribution in [0.15, 0.2) is 45.3 Å². The molecule has 98 valence electrons. The molecule has 0 saturated heterocycles. The molecule has 0 aliphatic rings. The predicted octanol–water partition coefficient (Wildman–Crippen LogP) is 4.36. The van der Waals surface area contributed by atoms with Crippen molar-refractivity contribution < 1.29 is 9.18 Å².